The summed E-state index contributed by atoms with van der Waals surface area (Å²) in [5.41, 5.74) is -1.12. The van der Waals surface area contributed by atoms with Gasteiger partial charge in [-0.1, -0.05) is 11.6 Å². The topological polar surface area (TPSA) is 51.2 Å². The van der Waals surface area contributed by atoms with E-state index in [1.807, 2.05) is 0 Å². The molecule has 0 unspecified atom stereocenters. The summed E-state index contributed by atoms with van der Waals surface area (Å²) in [6, 6.07) is 0. The Morgan fingerprint density at radius 3 is 1.95 bits per heavy atom. The first-order chi connectivity index (χ1) is 9.48. The molecule has 0 aromatic heterocycles. The predicted octanol–water partition coefficient (Wildman–Crippen LogP) is 2.26. The van der Waals surface area contributed by atoms with Crippen molar-refractivity contribution in [3.05, 3.63) is 31.0 Å². The molecule has 0 aliphatic heterocycles. The first kappa shape index (κ1) is 12.8. The van der Waals surface area contributed by atoms with Crippen LogP contribution in [0.5, 0.6) is 0 Å². The first-order valence-corrected chi connectivity index (χ1v) is 7.87. The highest BCUT2D eigenvalue weighted by Crippen LogP contribution is 2.60. The van der Waals surface area contributed by atoms with E-state index in [2.05, 4.69) is 0 Å². The maximum absolute atomic E-state index is 12.7. The molecule has 0 saturated heterocycles. The summed E-state index contributed by atoms with van der Waals surface area (Å²) >= 11 is 5.77. The summed E-state index contributed by atoms with van der Waals surface area (Å²) in [6.45, 7) is 0. The van der Waals surface area contributed by atoms with Gasteiger partial charge in [0.1, 0.15) is 5.78 Å². The molecule has 4 saturated carbocycles. The largest absolute Gasteiger partial charge is 0.299 e. The molecule has 5 rings (SSSR count). The van der Waals surface area contributed by atoms with Crippen LogP contribution >= 0.6 is 11.6 Å². The van der Waals surface area contributed by atoms with Gasteiger partial charge in [-0.3, -0.25) is 14.4 Å². The zero-order chi connectivity index (χ0) is 14.1. The molecule has 4 aliphatic carbocycles. The molecule has 4 aliphatic rings. The lowest BCUT2D eigenvalue weighted by molar-refractivity contribution is -0.143. The summed E-state index contributed by atoms with van der Waals surface area (Å²) in [5, 5.41) is -0.00641. The van der Waals surface area contributed by atoms with Gasteiger partial charge in [-0.05, 0) is 56.3 Å². The van der Waals surface area contributed by atoms with Crippen molar-refractivity contribution in [3.63, 3.8) is 0 Å². The van der Waals surface area contributed by atoms with E-state index in [0.29, 0.717) is 17.8 Å². The van der Waals surface area contributed by atoms with E-state index < -0.39 is 10.9 Å². The van der Waals surface area contributed by atoms with Crippen molar-refractivity contribution in [2.24, 2.45) is 23.2 Å². The van der Waals surface area contributed by atoms with Crippen molar-refractivity contribution in [1.82, 2.24) is 0 Å². The van der Waals surface area contributed by atoms with Crippen molar-refractivity contribution in [1.29, 1.82) is 0 Å². The van der Waals surface area contributed by atoms with Gasteiger partial charge in [0.25, 0.3) is 0 Å². The van der Waals surface area contributed by atoms with E-state index in [1.165, 1.54) is 19.3 Å². The summed E-state index contributed by atoms with van der Waals surface area (Å²) in [5.74, 6) is 2.26. The van der Waals surface area contributed by atoms with Crippen LogP contribution < -0.4 is 10.9 Å². The standard InChI is InChI=1S/C16H17ClO3/c17-13-11(14(19)15(13)20)4-12(18)16-5-8-1-9(6-16)3-10(2-8)7-16/h8-10H,1-7H2. The number of carbonyl (C=O) groups excluding carboxylic acids is 1. The third kappa shape index (κ3) is 1.62. The van der Waals surface area contributed by atoms with Crippen LogP contribution in [0.15, 0.2) is 9.59 Å². The second kappa shape index (κ2) is 4.03. The normalized spacial score (nSPS) is 38.5. The minimum atomic E-state index is -0.625. The number of ketones is 1. The molecule has 4 fully saturated rings. The molecule has 0 heterocycles. The number of carbonyl (C=O) groups is 1. The first-order valence-electron chi connectivity index (χ1n) is 7.49. The van der Waals surface area contributed by atoms with Gasteiger partial charge in [0, 0.05) is 17.4 Å². The Morgan fingerprint density at radius 2 is 1.50 bits per heavy atom. The smallest absolute Gasteiger partial charge is 0.245 e. The molecule has 20 heavy (non-hydrogen) atoms. The van der Waals surface area contributed by atoms with E-state index in [0.717, 1.165) is 19.3 Å². The zero-order valence-corrected chi connectivity index (χ0v) is 12.0. The highest BCUT2D eigenvalue weighted by atomic mass is 35.5. The van der Waals surface area contributed by atoms with Crippen molar-refractivity contribution in [3.8, 4) is 0 Å². The minimum Gasteiger partial charge on any atom is -0.299 e. The fraction of sp³-hybridized carbons (Fsp3) is 0.688. The van der Waals surface area contributed by atoms with Gasteiger partial charge in [-0.15, -0.1) is 0 Å². The molecule has 0 atom stereocenters. The van der Waals surface area contributed by atoms with Crippen LogP contribution in [0, 0.1) is 23.2 Å². The Labute approximate surface area is 122 Å². The molecule has 0 radical (unpaired) electrons. The van der Waals surface area contributed by atoms with Gasteiger partial charge >= 0.3 is 0 Å². The molecule has 0 amide bonds. The van der Waals surface area contributed by atoms with E-state index in [1.54, 1.807) is 0 Å². The van der Waals surface area contributed by atoms with E-state index >= 15 is 0 Å². The Kier molecular flexibility index (Phi) is 2.57. The van der Waals surface area contributed by atoms with Crippen molar-refractivity contribution < 1.29 is 4.79 Å². The molecule has 0 spiro atoms. The van der Waals surface area contributed by atoms with Crippen LogP contribution in [0.4, 0.5) is 0 Å². The Morgan fingerprint density at radius 1 is 1.00 bits per heavy atom. The average molecular weight is 293 g/mol. The lowest BCUT2D eigenvalue weighted by Gasteiger charge is -2.56. The molecular weight excluding hydrogens is 276 g/mol. The van der Waals surface area contributed by atoms with Crippen molar-refractivity contribution in [2.75, 3.05) is 0 Å². The summed E-state index contributed by atoms with van der Waals surface area (Å²) in [6.07, 6.45) is 6.91. The van der Waals surface area contributed by atoms with Crippen molar-refractivity contribution >= 4 is 17.4 Å². The summed E-state index contributed by atoms with van der Waals surface area (Å²) in [7, 11) is 0. The van der Waals surface area contributed by atoms with Crippen LogP contribution in [-0.4, -0.2) is 5.78 Å². The Bertz CT molecular complexity index is 630. The van der Waals surface area contributed by atoms with Crippen LogP contribution in [0.1, 0.15) is 44.1 Å². The minimum absolute atomic E-state index is 0.00641. The number of Topliss-reactive ketones (excluding diaryl/α,β-unsaturated/α-hetero) is 1. The molecule has 4 bridgehead atoms. The number of halogens is 1. The molecule has 1 aromatic carbocycles. The molecule has 106 valence electrons. The molecule has 3 nitrogen and oxygen atoms in total. The van der Waals surface area contributed by atoms with Crippen LogP contribution in [0.3, 0.4) is 0 Å². The fourth-order valence-electron chi connectivity index (χ4n) is 5.37. The zero-order valence-electron chi connectivity index (χ0n) is 11.3. The quantitative estimate of drug-likeness (QED) is 0.803. The van der Waals surface area contributed by atoms with Gasteiger partial charge in [0.2, 0.25) is 10.9 Å². The molecule has 0 N–H and O–H groups in total. The second-order valence-corrected chi connectivity index (χ2v) is 7.63. The van der Waals surface area contributed by atoms with Crippen LogP contribution in [-0.2, 0) is 11.2 Å². The van der Waals surface area contributed by atoms with Gasteiger partial charge in [-0.25, -0.2) is 0 Å². The fourth-order valence-corrected chi connectivity index (χ4v) is 5.61. The Balaban J connectivity index is 1.60. The molecule has 4 heteroatoms. The highest BCUT2D eigenvalue weighted by Gasteiger charge is 2.54. The van der Waals surface area contributed by atoms with Gasteiger partial charge in [-0.2, -0.15) is 0 Å². The number of rotatable bonds is 3. The summed E-state index contributed by atoms with van der Waals surface area (Å²) < 4.78 is 0. The van der Waals surface area contributed by atoms with E-state index in [9.17, 15) is 14.4 Å². The van der Waals surface area contributed by atoms with Crippen LogP contribution in [0.2, 0.25) is 5.02 Å². The van der Waals surface area contributed by atoms with Gasteiger partial charge in [0.05, 0.1) is 5.02 Å². The van der Waals surface area contributed by atoms with E-state index in [-0.39, 0.29) is 28.2 Å². The predicted molar refractivity (Wildman–Crippen MR) is 75.7 cm³/mol. The lowest BCUT2D eigenvalue weighted by atomic mass is 9.48. The third-order valence-corrected chi connectivity index (χ3v) is 6.31. The number of hydrogen-bond donors (Lipinski definition) is 0. The average Bonchev–Trinajstić information content (AvgIpc) is 2.41. The molecule has 1 aromatic rings. The monoisotopic (exact) mass is 292 g/mol. The maximum Gasteiger partial charge on any atom is 0.245 e. The highest BCUT2D eigenvalue weighted by molar-refractivity contribution is 6.32. The third-order valence-electron chi connectivity index (χ3n) is 5.91. The second-order valence-electron chi connectivity index (χ2n) is 7.25. The lowest BCUT2D eigenvalue weighted by Crippen LogP contribution is -2.51. The van der Waals surface area contributed by atoms with E-state index in [4.69, 9.17) is 11.6 Å². The molecular formula is C16H17ClO3. The van der Waals surface area contributed by atoms with Gasteiger partial charge < -0.3 is 0 Å². The number of hydrogen-bond acceptors (Lipinski definition) is 3. The Hall–Kier alpha value is -0.960. The van der Waals surface area contributed by atoms with Crippen molar-refractivity contribution in [2.45, 2.75) is 44.9 Å². The van der Waals surface area contributed by atoms with Crippen LogP contribution in [0.25, 0.3) is 0 Å². The SMILES string of the molecule is O=C(Cc1c(Cl)c(=O)c1=O)C12CC3CC(CC(C3)C1)C2. The van der Waals surface area contributed by atoms with Gasteiger partial charge in [0.15, 0.2) is 0 Å². The maximum atomic E-state index is 12.7. The summed E-state index contributed by atoms with van der Waals surface area (Å²) in [4.78, 5) is 35.4.